The van der Waals surface area contributed by atoms with E-state index in [-0.39, 0.29) is 0 Å². The van der Waals surface area contributed by atoms with Crippen LogP contribution in [0.25, 0.3) is 0 Å². The van der Waals surface area contributed by atoms with Crippen molar-refractivity contribution in [3.05, 3.63) is 0 Å². The maximum atomic E-state index is 5.42. The summed E-state index contributed by atoms with van der Waals surface area (Å²) in [6, 6.07) is 0.792. The van der Waals surface area contributed by atoms with Crippen molar-refractivity contribution in [2.75, 3.05) is 33.3 Å². The third-order valence-corrected chi connectivity index (χ3v) is 3.58. The maximum Gasteiger partial charge on any atom is 0.0586 e. The van der Waals surface area contributed by atoms with Gasteiger partial charge in [0.2, 0.25) is 0 Å². The van der Waals surface area contributed by atoms with Gasteiger partial charge >= 0.3 is 0 Å². The second kappa shape index (κ2) is 5.10. The Balaban J connectivity index is 1.82. The highest BCUT2D eigenvalue weighted by atomic mass is 16.5. The van der Waals surface area contributed by atoms with Crippen LogP contribution >= 0.6 is 0 Å². The fourth-order valence-corrected chi connectivity index (χ4v) is 2.69. The number of hydrogen-bond donors (Lipinski definition) is 1. The van der Waals surface area contributed by atoms with Crippen molar-refractivity contribution in [2.45, 2.75) is 37.8 Å². The molecular weight excluding hydrogens is 176 g/mol. The van der Waals surface area contributed by atoms with Crippen molar-refractivity contribution in [2.24, 2.45) is 0 Å². The summed E-state index contributed by atoms with van der Waals surface area (Å²) in [6.45, 7) is 4.85. The monoisotopic (exact) mass is 198 g/mol. The molecule has 0 aromatic carbocycles. The molecule has 1 heterocycles. The van der Waals surface area contributed by atoms with E-state index >= 15 is 0 Å². The van der Waals surface area contributed by atoms with Crippen LogP contribution in [-0.4, -0.2) is 50.3 Å². The van der Waals surface area contributed by atoms with Gasteiger partial charge in [0.05, 0.1) is 6.10 Å². The van der Waals surface area contributed by atoms with Crippen molar-refractivity contribution >= 4 is 0 Å². The number of rotatable bonds is 2. The average molecular weight is 198 g/mol. The molecule has 0 bridgehead atoms. The van der Waals surface area contributed by atoms with E-state index in [1.54, 1.807) is 0 Å². The summed E-state index contributed by atoms with van der Waals surface area (Å²) in [7, 11) is 1.84. The number of nitrogens with one attached hydrogen (secondary N) is 1. The zero-order valence-electron chi connectivity index (χ0n) is 9.17. The molecule has 0 radical (unpaired) electrons. The predicted molar refractivity (Wildman–Crippen MR) is 57.5 cm³/mol. The lowest BCUT2D eigenvalue weighted by Crippen LogP contribution is -2.36. The molecule has 82 valence electrons. The first-order valence-corrected chi connectivity index (χ1v) is 5.87. The van der Waals surface area contributed by atoms with Gasteiger partial charge in [0.25, 0.3) is 0 Å². The number of ether oxygens (including phenoxy) is 1. The Morgan fingerprint density at radius 3 is 2.93 bits per heavy atom. The minimum Gasteiger partial charge on any atom is -0.381 e. The van der Waals surface area contributed by atoms with E-state index in [1.165, 1.54) is 45.3 Å². The predicted octanol–water partition coefficient (Wildman–Crippen LogP) is 0.849. The molecule has 1 N–H and O–H groups in total. The van der Waals surface area contributed by atoms with E-state index in [0.29, 0.717) is 6.10 Å². The summed E-state index contributed by atoms with van der Waals surface area (Å²) in [6.07, 6.45) is 5.66. The average Bonchev–Trinajstić information content (AvgIpc) is 2.53. The summed E-state index contributed by atoms with van der Waals surface area (Å²) in [5, 5.41) is 3.45. The molecule has 0 aromatic heterocycles. The molecule has 0 aromatic rings. The van der Waals surface area contributed by atoms with Crippen LogP contribution in [0.4, 0.5) is 0 Å². The number of nitrogens with zero attached hydrogens (tertiary/aromatic N) is 1. The molecule has 2 fully saturated rings. The molecule has 1 saturated carbocycles. The topological polar surface area (TPSA) is 24.5 Å². The van der Waals surface area contributed by atoms with Crippen LogP contribution in [0.1, 0.15) is 25.7 Å². The summed E-state index contributed by atoms with van der Waals surface area (Å²) < 4.78 is 5.42. The molecule has 3 nitrogen and oxygen atoms in total. The Bertz CT molecular complexity index is 167. The largest absolute Gasteiger partial charge is 0.381 e. The normalized spacial score (nSPS) is 35.8. The Hall–Kier alpha value is -0.120. The van der Waals surface area contributed by atoms with E-state index in [1.807, 2.05) is 7.11 Å². The smallest absolute Gasteiger partial charge is 0.0586 e. The lowest BCUT2D eigenvalue weighted by Gasteiger charge is -2.26. The summed E-state index contributed by atoms with van der Waals surface area (Å²) in [5.41, 5.74) is 0. The second-order valence-electron chi connectivity index (χ2n) is 4.46. The van der Waals surface area contributed by atoms with Crippen LogP contribution in [-0.2, 0) is 4.74 Å². The number of hydrogen-bond acceptors (Lipinski definition) is 3. The van der Waals surface area contributed by atoms with Gasteiger partial charge in [0.1, 0.15) is 0 Å². The Morgan fingerprint density at radius 2 is 2.14 bits per heavy atom. The Kier molecular flexibility index (Phi) is 3.79. The minimum atomic E-state index is 0.524. The molecule has 0 spiro atoms. The standard InChI is InChI=1S/C11H22N2O/c1-14-11-4-3-10(9-11)13-7-2-5-12-6-8-13/h10-12H,2-9H2,1H3. The van der Waals surface area contributed by atoms with E-state index in [0.717, 1.165) is 12.6 Å². The minimum absolute atomic E-state index is 0.524. The molecule has 0 amide bonds. The van der Waals surface area contributed by atoms with Crippen LogP contribution in [0.3, 0.4) is 0 Å². The van der Waals surface area contributed by atoms with E-state index in [4.69, 9.17) is 4.74 Å². The molecule has 2 atom stereocenters. The molecule has 1 aliphatic heterocycles. The maximum absolute atomic E-state index is 5.42. The van der Waals surface area contributed by atoms with Gasteiger partial charge < -0.3 is 10.1 Å². The Labute approximate surface area is 86.8 Å². The van der Waals surface area contributed by atoms with Gasteiger partial charge in [0, 0.05) is 26.2 Å². The molecule has 1 aliphatic carbocycles. The fourth-order valence-electron chi connectivity index (χ4n) is 2.69. The second-order valence-corrected chi connectivity index (χ2v) is 4.46. The fraction of sp³-hybridized carbons (Fsp3) is 1.00. The van der Waals surface area contributed by atoms with Gasteiger partial charge in [-0.1, -0.05) is 0 Å². The molecule has 2 unspecified atom stereocenters. The Morgan fingerprint density at radius 1 is 1.21 bits per heavy atom. The van der Waals surface area contributed by atoms with Gasteiger partial charge in [-0.25, -0.2) is 0 Å². The third kappa shape index (κ3) is 2.47. The highest BCUT2D eigenvalue weighted by Gasteiger charge is 2.29. The van der Waals surface area contributed by atoms with Crippen molar-refractivity contribution in [1.29, 1.82) is 0 Å². The molecule has 1 saturated heterocycles. The van der Waals surface area contributed by atoms with E-state index < -0.39 is 0 Å². The van der Waals surface area contributed by atoms with Crippen LogP contribution in [0.15, 0.2) is 0 Å². The van der Waals surface area contributed by atoms with Gasteiger partial charge in [-0.15, -0.1) is 0 Å². The van der Waals surface area contributed by atoms with Crippen LogP contribution in [0.2, 0.25) is 0 Å². The van der Waals surface area contributed by atoms with Crippen molar-refractivity contribution in [1.82, 2.24) is 10.2 Å². The third-order valence-electron chi connectivity index (χ3n) is 3.58. The first-order valence-electron chi connectivity index (χ1n) is 5.87. The van der Waals surface area contributed by atoms with E-state index in [9.17, 15) is 0 Å². The molecule has 3 heteroatoms. The highest BCUT2D eigenvalue weighted by molar-refractivity contribution is 4.84. The molecular formula is C11H22N2O. The lowest BCUT2D eigenvalue weighted by molar-refractivity contribution is 0.0975. The summed E-state index contributed by atoms with van der Waals surface area (Å²) in [5.74, 6) is 0. The lowest BCUT2D eigenvalue weighted by atomic mass is 10.2. The van der Waals surface area contributed by atoms with Crippen molar-refractivity contribution in [3.63, 3.8) is 0 Å². The zero-order valence-corrected chi connectivity index (χ0v) is 9.17. The van der Waals surface area contributed by atoms with Crippen molar-refractivity contribution < 1.29 is 4.74 Å². The quantitative estimate of drug-likeness (QED) is 0.712. The first kappa shape index (κ1) is 10.4. The zero-order chi connectivity index (χ0) is 9.80. The van der Waals surface area contributed by atoms with Crippen LogP contribution < -0.4 is 5.32 Å². The van der Waals surface area contributed by atoms with Gasteiger partial charge in [-0.3, -0.25) is 4.90 Å². The van der Waals surface area contributed by atoms with Crippen LogP contribution in [0.5, 0.6) is 0 Å². The first-order chi connectivity index (χ1) is 6.90. The molecule has 2 aliphatic rings. The van der Waals surface area contributed by atoms with Gasteiger partial charge in [-0.2, -0.15) is 0 Å². The van der Waals surface area contributed by atoms with E-state index in [2.05, 4.69) is 10.2 Å². The summed E-state index contributed by atoms with van der Waals surface area (Å²) in [4.78, 5) is 2.65. The van der Waals surface area contributed by atoms with Gasteiger partial charge in [0.15, 0.2) is 0 Å². The molecule has 2 rings (SSSR count). The van der Waals surface area contributed by atoms with Gasteiger partial charge in [-0.05, 0) is 38.8 Å². The van der Waals surface area contributed by atoms with Crippen LogP contribution in [0, 0.1) is 0 Å². The molecule has 14 heavy (non-hydrogen) atoms. The van der Waals surface area contributed by atoms with Crippen molar-refractivity contribution in [3.8, 4) is 0 Å². The summed E-state index contributed by atoms with van der Waals surface area (Å²) >= 11 is 0. The number of methoxy groups -OCH3 is 1. The SMILES string of the molecule is COC1CCC(N2CCCNCC2)C1. The highest BCUT2D eigenvalue weighted by Crippen LogP contribution is 2.26.